The molecule has 1 unspecified atom stereocenters. The molecule has 1 aromatic carbocycles. The Morgan fingerprint density at radius 1 is 1.28 bits per heavy atom. The van der Waals surface area contributed by atoms with Gasteiger partial charge in [0.1, 0.15) is 6.10 Å². The quantitative estimate of drug-likeness (QED) is 0.823. The van der Waals surface area contributed by atoms with Gasteiger partial charge >= 0.3 is 6.03 Å². The maximum absolute atomic E-state index is 12.6. The zero-order chi connectivity index (χ0) is 20.2. The molecule has 2 amide bonds. The molecule has 1 N–H and O–H groups in total. The van der Waals surface area contributed by atoms with E-state index < -0.39 is 0 Å². The minimum absolute atomic E-state index is 0.108. The first-order valence-corrected chi connectivity index (χ1v) is 9.66. The van der Waals surface area contributed by atoms with Gasteiger partial charge in [-0.05, 0) is 30.5 Å². The lowest BCUT2D eigenvalue weighted by Crippen LogP contribution is -2.48. The maximum Gasteiger partial charge on any atom is 0.317 e. The number of piperidine rings is 1. The van der Waals surface area contributed by atoms with Gasteiger partial charge in [-0.25, -0.2) is 14.8 Å². The van der Waals surface area contributed by atoms with E-state index in [0.29, 0.717) is 37.1 Å². The number of fused-ring (bicyclic) bond motifs is 1. The van der Waals surface area contributed by atoms with Gasteiger partial charge in [0, 0.05) is 39.6 Å². The van der Waals surface area contributed by atoms with Crippen LogP contribution in [0, 0.1) is 0 Å². The lowest BCUT2D eigenvalue weighted by atomic mass is 10.1. The number of carbonyl (C=O) groups is 1. The van der Waals surface area contributed by atoms with Gasteiger partial charge in [0.2, 0.25) is 6.79 Å². The summed E-state index contributed by atoms with van der Waals surface area (Å²) in [4.78, 5) is 24.9. The normalized spacial score (nSPS) is 17.7. The molecule has 9 nitrogen and oxygen atoms in total. The van der Waals surface area contributed by atoms with Crippen LogP contribution in [0.2, 0.25) is 0 Å². The van der Waals surface area contributed by atoms with Gasteiger partial charge < -0.3 is 29.3 Å². The maximum atomic E-state index is 12.6. The number of nitrogens with zero attached hydrogens (tertiary/aromatic N) is 4. The van der Waals surface area contributed by atoms with Gasteiger partial charge in [-0.1, -0.05) is 6.07 Å². The first kappa shape index (κ1) is 19.1. The van der Waals surface area contributed by atoms with E-state index in [9.17, 15) is 4.79 Å². The number of likely N-dealkylation sites (tertiary alicyclic amines) is 1. The predicted octanol–water partition coefficient (Wildman–Crippen LogP) is 2.02. The van der Waals surface area contributed by atoms with Gasteiger partial charge in [-0.2, -0.15) is 0 Å². The molecule has 3 heterocycles. The van der Waals surface area contributed by atoms with E-state index in [0.717, 1.165) is 24.2 Å². The van der Waals surface area contributed by atoms with E-state index in [2.05, 4.69) is 15.3 Å². The highest BCUT2D eigenvalue weighted by molar-refractivity contribution is 5.74. The molecule has 0 bridgehead atoms. The van der Waals surface area contributed by atoms with Crippen molar-refractivity contribution in [2.45, 2.75) is 25.5 Å². The number of nitrogens with one attached hydrogen (secondary N) is 1. The largest absolute Gasteiger partial charge is 0.470 e. The smallest absolute Gasteiger partial charge is 0.317 e. The summed E-state index contributed by atoms with van der Waals surface area (Å²) in [5.74, 6) is 2.61. The molecule has 1 aromatic heterocycles. The van der Waals surface area contributed by atoms with Gasteiger partial charge in [0.15, 0.2) is 17.3 Å². The average Bonchev–Trinajstić information content (AvgIpc) is 3.20. The Labute approximate surface area is 169 Å². The Kier molecular flexibility index (Phi) is 5.55. The number of benzene rings is 1. The number of urea groups is 1. The predicted molar refractivity (Wildman–Crippen MR) is 106 cm³/mol. The summed E-state index contributed by atoms with van der Waals surface area (Å²) >= 11 is 0. The van der Waals surface area contributed by atoms with Gasteiger partial charge in [0.05, 0.1) is 6.54 Å². The van der Waals surface area contributed by atoms with E-state index in [1.165, 1.54) is 0 Å². The zero-order valence-corrected chi connectivity index (χ0v) is 16.6. The van der Waals surface area contributed by atoms with Crippen LogP contribution in [0.5, 0.6) is 17.4 Å². The van der Waals surface area contributed by atoms with Crippen molar-refractivity contribution in [2.24, 2.45) is 0 Å². The highest BCUT2D eigenvalue weighted by atomic mass is 16.7. The molecule has 0 saturated carbocycles. The van der Waals surface area contributed by atoms with Crippen LogP contribution in [-0.2, 0) is 6.54 Å². The first-order chi connectivity index (χ1) is 14.1. The number of amides is 2. The van der Waals surface area contributed by atoms with Gasteiger partial charge in [-0.3, -0.25) is 0 Å². The summed E-state index contributed by atoms with van der Waals surface area (Å²) in [7, 11) is 3.79. The van der Waals surface area contributed by atoms with E-state index in [1.807, 2.05) is 37.2 Å². The summed E-state index contributed by atoms with van der Waals surface area (Å²) in [6.07, 6.45) is 4.88. The molecular formula is C20H25N5O4. The third-order valence-corrected chi connectivity index (χ3v) is 4.89. The minimum Gasteiger partial charge on any atom is -0.470 e. The number of hydrogen-bond acceptors (Lipinski definition) is 7. The number of hydrogen-bond donors (Lipinski definition) is 1. The molecule has 1 saturated heterocycles. The lowest BCUT2D eigenvalue weighted by Gasteiger charge is -2.33. The molecule has 2 aliphatic rings. The molecule has 0 radical (unpaired) electrons. The molecular weight excluding hydrogens is 374 g/mol. The minimum atomic E-state index is -0.115. The SMILES string of the molecule is CN(C)c1nccnc1OC1CCCN(C(=O)NCc2ccc3c(c2)OCO3)C1. The summed E-state index contributed by atoms with van der Waals surface area (Å²) in [6.45, 7) is 1.87. The second-order valence-electron chi connectivity index (χ2n) is 7.25. The molecule has 1 fully saturated rings. The molecule has 2 aliphatic heterocycles. The molecule has 1 atom stereocenters. The zero-order valence-electron chi connectivity index (χ0n) is 16.6. The molecule has 4 rings (SSSR count). The number of ether oxygens (including phenoxy) is 3. The molecule has 9 heteroatoms. The Morgan fingerprint density at radius 3 is 2.97 bits per heavy atom. The molecule has 0 spiro atoms. The van der Waals surface area contributed by atoms with Crippen LogP contribution in [0.15, 0.2) is 30.6 Å². The Hall–Kier alpha value is -3.23. The van der Waals surface area contributed by atoms with Crippen LogP contribution >= 0.6 is 0 Å². The highest BCUT2D eigenvalue weighted by Gasteiger charge is 2.26. The third kappa shape index (κ3) is 4.44. The third-order valence-electron chi connectivity index (χ3n) is 4.89. The van der Waals surface area contributed by atoms with Crippen LogP contribution < -0.4 is 24.4 Å². The van der Waals surface area contributed by atoms with Crippen molar-refractivity contribution in [1.82, 2.24) is 20.2 Å². The van der Waals surface area contributed by atoms with Crippen molar-refractivity contribution in [3.8, 4) is 17.4 Å². The molecule has 0 aliphatic carbocycles. The molecule has 29 heavy (non-hydrogen) atoms. The Balaban J connectivity index is 1.33. The molecule has 2 aromatic rings. The summed E-state index contributed by atoms with van der Waals surface area (Å²) in [6, 6.07) is 5.56. The highest BCUT2D eigenvalue weighted by Crippen LogP contribution is 2.32. The second-order valence-corrected chi connectivity index (χ2v) is 7.25. The second kappa shape index (κ2) is 8.42. The fourth-order valence-corrected chi connectivity index (χ4v) is 3.42. The topological polar surface area (TPSA) is 89.1 Å². The van der Waals surface area contributed by atoms with Crippen molar-refractivity contribution in [3.63, 3.8) is 0 Å². The summed E-state index contributed by atoms with van der Waals surface area (Å²) in [5.41, 5.74) is 0.961. The number of rotatable bonds is 5. The van der Waals surface area contributed by atoms with E-state index in [4.69, 9.17) is 14.2 Å². The Morgan fingerprint density at radius 2 is 2.10 bits per heavy atom. The van der Waals surface area contributed by atoms with Crippen molar-refractivity contribution >= 4 is 11.8 Å². The monoisotopic (exact) mass is 399 g/mol. The standard InChI is InChI=1S/C20H25N5O4/c1-24(2)18-19(22-8-7-21-18)29-15-4-3-9-25(12-15)20(26)23-11-14-5-6-16-17(10-14)28-13-27-16/h5-8,10,15H,3-4,9,11-13H2,1-2H3,(H,23,26). The summed E-state index contributed by atoms with van der Waals surface area (Å²) < 4.78 is 16.8. The van der Waals surface area contributed by atoms with Gasteiger partial charge in [0.25, 0.3) is 5.88 Å². The van der Waals surface area contributed by atoms with Gasteiger partial charge in [-0.15, -0.1) is 0 Å². The van der Waals surface area contributed by atoms with Crippen LogP contribution in [0.3, 0.4) is 0 Å². The van der Waals surface area contributed by atoms with Crippen LogP contribution in [0.4, 0.5) is 10.6 Å². The van der Waals surface area contributed by atoms with E-state index in [1.54, 1.807) is 17.3 Å². The van der Waals surface area contributed by atoms with Crippen LogP contribution in [0.25, 0.3) is 0 Å². The van der Waals surface area contributed by atoms with E-state index in [-0.39, 0.29) is 18.9 Å². The first-order valence-electron chi connectivity index (χ1n) is 9.66. The number of aromatic nitrogens is 2. The fraction of sp³-hybridized carbons (Fsp3) is 0.450. The molecule has 154 valence electrons. The van der Waals surface area contributed by atoms with Crippen molar-refractivity contribution in [2.75, 3.05) is 38.9 Å². The van der Waals surface area contributed by atoms with Crippen LogP contribution in [0.1, 0.15) is 18.4 Å². The van der Waals surface area contributed by atoms with Crippen molar-refractivity contribution in [3.05, 3.63) is 36.2 Å². The Bertz CT molecular complexity index is 876. The van der Waals surface area contributed by atoms with Crippen molar-refractivity contribution < 1.29 is 19.0 Å². The average molecular weight is 399 g/mol. The van der Waals surface area contributed by atoms with Crippen LogP contribution in [-0.4, -0.2) is 61.0 Å². The number of anilines is 1. The lowest BCUT2D eigenvalue weighted by molar-refractivity contribution is 0.0978. The van der Waals surface area contributed by atoms with E-state index >= 15 is 0 Å². The summed E-state index contributed by atoms with van der Waals surface area (Å²) in [5, 5.41) is 2.97. The fourth-order valence-electron chi connectivity index (χ4n) is 3.42. The number of carbonyl (C=O) groups excluding carboxylic acids is 1. The van der Waals surface area contributed by atoms with Crippen molar-refractivity contribution in [1.29, 1.82) is 0 Å².